The fourth-order valence-corrected chi connectivity index (χ4v) is 4.53. The number of halogens is 2. The van der Waals surface area contributed by atoms with Gasteiger partial charge < -0.3 is 15.5 Å². The summed E-state index contributed by atoms with van der Waals surface area (Å²) in [7, 11) is 0. The molecule has 0 spiro atoms. The summed E-state index contributed by atoms with van der Waals surface area (Å²) >= 11 is 6.05. The van der Waals surface area contributed by atoms with Crippen LogP contribution in [0.5, 0.6) is 0 Å². The van der Waals surface area contributed by atoms with E-state index in [9.17, 15) is 14.0 Å². The first-order valence-corrected chi connectivity index (χ1v) is 12.2. The Morgan fingerprint density at radius 3 is 2.35 bits per heavy atom. The second-order valence-electron chi connectivity index (χ2n) is 8.99. The van der Waals surface area contributed by atoms with Crippen molar-refractivity contribution in [1.29, 1.82) is 0 Å². The molecule has 2 aromatic rings. The van der Waals surface area contributed by atoms with Gasteiger partial charge >= 0.3 is 6.03 Å². The molecule has 0 aromatic heterocycles. The first-order chi connectivity index (χ1) is 16.3. The highest BCUT2D eigenvalue weighted by molar-refractivity contribution is 6.30. The number of nitrogens with one attached hydrogen (secondary N) is 2. The summed E-state index contributed by atoms with van der Waals surface area (Å²) in [5.74, 6) is -0.331. The summed E-state index contributed by atoms with van der Waals surface area (Å²) in [5, 5.41) is 6.23. The molecule has 0 radical (unpaired) electrons. The van der Waals surface area contributed by atoms with Crippen LogP contribution in [0.25, 0.3) is 0 Å². The van der Waals surface area contributed by atoms with Gasteiger partial charge in [-0.25, -0.2) is 9.18 Å². The SMILES string of the molecule is CCNC(=O)NCC(CC(=O)N1C[C@@H](C)N(Cc2ccc(F)cc2)C[C@@H]1C)c1ccc(Cl)cc1. The Morgan fingerprint density at radius 2 is 1.71 bits per heavy atom. The van der Waals surface area contributed by atoms with Crippen molar-refractivity contribution in [1.82, 2.24) is 20.4 Å². The van der Waals surface area contributed by atoms with Crippen molar-refractivity contribution in [2.24, 2.45) is 0 Å². The number of rotatable bonds is 8. The zero-order valence-electron chi connectivity index (χ0n) is 20.1. The summed E-state index contributed by atoms with van der Waals surface area (Å²) in [6.45, 7) is 9.01. The van der Waals surface area contributed by atoms with Gasteiger partial charge in [-0.1, -0.05) is 35.9 Å². The molecule has 0 aliphatic carbocycles. The van der Waals surface area contributed by atoms with E-state index in [2.05, 4.69) is 29.4 Å². The van der Waals surface area contributed by atoms with Gasteiger partial charge in [0.15, 0.2) is 0 Å². The van der Waals surface area contributed by atoms with Crippen LogP contribution >= 0.6 is 11.6 Å². The Morgan fingerprint density at radius 1 is 1.03 bits per heavy atom. The monoisotopic (exact) mass is 488 g/mol. The zero-order valence-corrected chi connectivity index (χ0v) is 20.8. The average molecular weight is 489 g/mol. The Balaban J connectivity index is 1.65. The lowest BCUT2D eigenvalue weighted by Gasteiger charge is -2.44. The predicted molar refractivity (Wildman–Crippen MR) is 133 cm³/mol. The minimum Gasteiger partial charge on any atom is -0.338 e. The minimum atomic E-state index is -0.245. The second-order valence-corrected chi connectivity index (χ2v) is 9.43. The quantitative estimate of drug-likeness (QED) is 0.579. The van der Waals surface area contributed by atoms with E-state index in [-0.39, 0.29) is 35.8 Å². The fraction of sp³-hybridized carbons (Fsp3) is 0.462. The van der Waals surface area contributed by atoms with E-state index in [4.69, 9.17) is 11.6 Å². The molecule has 6 nitrogen and oxygen atoms in total. The number of hydrogen-bond donors (Lipinski definition) is 2. The molecule has 1 saturated heterocycles. The van der Waals surface area contributed by atoms with Gasteiger partial charge in [0.25, 0.3) is 0 Å². The first-order valence-electron chi connectivity index (χ1n) is 11.8. The third-order valence-electron chi connectivity index (χ3n) is 6.34. The molecule has 34 heavy (non-hydrogen) atoms. The van der Waals surface area contributed by atoms with E-state index in [0.717, 1.165) is 24.2 Å². The van der Waals surface area contributed by atoms with E-state index >= 15 is 0 Å². The molecule has 1 unspecified atom stereocenters. The van der Waals surface area contributed by atoms with Crippen molar-refractivity contribution < 1.29 is 14.0 Å². The average Bonchev–Trinajstić information content (AvgIpc) is 2.81. The highest BCUT2D eigenvalue weighted by Crippen LogP contribution is 2.25. The lowest BCUT2D eigenvalue weighted by molar-refractivity contribution is -0.137. The molecule has 1 aliphatic heterocycles. The van der Waals surface area contributed by atoms with E-state index in [1.807, 2.05) is 36.1 Å². The third kappa shape index (κ3) is 7.18. The first kappa shape index (κ1) is 26.0. The smallest absolute Gasteiger partial charge is 0.314 e. The molecule has 0 saturated carbocycles. The number of hydrogen-bond acceptors (Lipinski definition) is 3. The van der Waals surface area contributed by atoms with Crippen molar-refractivity contribution in [3.8, 4) is 0 Å². The normalized spacial score (nSPS) is 19.5. The number of urea groups is 1. The highest BCUT2D eigenvalue weighted by atomic mass is 35.5. The van der Waals surface area contributed by atoms with Crippen molar-refractivity contribution in [3.63, 3.8) is 0 Å². The second kappa shape index (κ2) is 12.2. The molecule has 3 rings (SSSR count). The lowest BCUT2D eigenvalue weighted by Crippen LogP contribution is -2.57. The molecule has 1 fully saturated rings. The van der Waals surface area contributed by atoms with Crippen LogP contribution in [0.3, 0.4) is 0 Å². The van der Waals surface area contributed by atoms with Gasteiger partial charge in [-0.05, 0) is 56.2 Å². The van der Waals surface area contributed by atoms with Gasteiger partial charge in [-0.15, -0.1) is 0 Å². The molecule has 1 heterocycles. The number of carbonyl (C=O) groups is 2. The number of piperazine rings is 1. The van der Waals surface area contributed by atoms with Crippen LogP contribution in [0.2, 0.25) is 5.02 Å². The molecular formula is C26H34ClFN4O2. The summed E-state index contributed by atoms with van der Waals surface area (Å²) in [6, 6.07) is 14.0. The Hall–Kier alpha value is -2.64. The summed E-state index contributed by atoms with van der Waals surface area (Å²) in [4.78, 5) is 29.6. The van der Waals surface area contributed by atoms with Crippen molar-refractivity contribution in [2.75, 3.05) is 26.2 Å². The van der Waals surface area contributed by atoms with Crippen molar-refractivity contribution in [2.45, 2.75) is 51.7 Å². The van der Waals surface area contributed by atoms with E-state index in [1.165, 1.54) is 12.1 Å². The topological polar surface area (TPSA) is 64.7 Å². The Labute approximate surface area is 206 Å². The maximum Gasteiger partial charge on any atom is 0.314 e. The maximum atomic E-state index is 13.4. The Kier molecular flexibility index (Phi) is 9.30. The zero-order chi connectivity index (χ0) is 24.7. The number of amides is 3. The molecule has 2 N–H and O–H groups in total. The molecule has 184 valence electrons. The predicted octanol–water partition coefficient (Wildman–Crippen LogP) is 4.39. The summed E-state index contributed by atoms with van der Waals surface area (Å²) in [5.41, 5.74) is 2.02. The van der Waals surface area contributed by atoms with Gasteiger partial charge in [0.2, 0.25) is 5.91 Å². The minimum absolute atomic E-state index is 0.0476. The standard InChI is InChI=1S/C26H34ClFN4O2/c1-4-29-26(34)30-14-22(21-7-9-23(27)10-8-21)13-25(33)32-16-18(2)31(15-19(32)3)17-20-5-11-24(28)12-6-20/h5-12,18-19,22H,4,13-17H2,1-3H3,(H2,29,30,34)/t18-,19+,22?/m1/s1. The van der Waals surface area contributed by atoms with Crippen molar-refractivity contribution in [3.05, 3.63) is 70.5 Å². The molecular weight excluding hydrogens is 455 g/mol. The van der Waals surface area contributed by atoms with E-state index in [1.54, 1.807) is 12.1 Å². The van der Waals surface area contributed by atoms with Crippen LogP contribution in [0.1, 0.15) is 44.2 Å². The van der Waals surface area contributed by atoms with Crippen LogP contribution in [0.4, 0.5) is 9.18 Å². The number of benzene rings is 2. The molecule has 8 heteroatoms. The van der Waals surface area contributed by atoms with Crippen LogP contribution in [-0.2, 0) is 11.3 Å². The van der Waals surface area contributed by atoms with Gasteiger partial charge in [0.05, 0.1) is 0 Å². The maximum absolute atomic E-state index is 13.4. The van der Waals surface area contributed by atoms with Crippen LogP contribution in [0.15, 0.2) is 48.5 Å². The van der Waals surface area contributed by atoms with Gasteiger partial charge in [-0.2, -0.15) is 0 Å². The third-order valence-corrected chi connectivity index (χ3v) is 6.60. The van der Waals surface area contributed by atoms with E-state index in [0.29, 0.717) is 31.1 Å². The number of carbonyl (C=O) groups excluding carboxylic acids is 2. The fourth-order valence-electron chi connectivity index (χ4n) is 4.40. The molecule has 0 bridgehead atoms. The van der Waals surface area contributed by atoms with Crippen molar-refractivity contribution >= 4 is 23.5 Å². The van der Waals surface area contributed by atoms with Gasteiger partial charge in [0.1, 0.15) is 5.82 Å². The molecule has 1 aliphatic rings. The lowest BCUT2D eigenvalue weighted by atomic mass is 9.94. The molecule has 2 aromatic carbocycles. The van der Waals surface area contributed by atoms with Gasteiger partial charge in [-0.3, -0.25) is 9.69 Å². The highest BCUT2D eigenvalue weighted by Gasteiger charge is 2.33. The summed E-state index contributed by atoms with van der Waals surface area (Å²) in [6.07, 6.45) is 0.295. The molecule has 3 amide bonds. The van der Waals surface area contributed by atoms with Gasteiger partial charge in [0, 0.05) is 62.2 Å². The molecule has 3 atom stereocenters. The Bertz CT molecular complexity index is 954. The largest absolute Gasteiger partial charge is 0.338 e. The van der Waals surface area contributed by atoms with Crippen LogP contribution in [-0.4, -0.2) is 60.0 Å². The van der Waals surface area contributed by atoms with E-state index < -0.39 is 0 Å². The summed E-state index contributed by atoms with van der Waals surface area (Å²) < 4.78 is 13.2. The van der Waals surface area contributed by atoms with Crippen LogP contribution < -0.4 is 10.6 Å². The van der Waals surface area contributed by atoms with Crippen LogP contribution in [0, 0.1) is 5.82 Å². The number of nitrogens with zero attached hydrogens (tertiary/aromatic N) is 2.